The zero-order valence-electron chi connectivity index (χ0n) is 14.5. The fourth-order valence-corrected chi connectivity index (χ4v) is 1.96. The second-order valence-corrected chi connectivity index (χ2v) is 5.36. The van der Waals surface area contributed by atoms with Crippen LogP contribution in [0.2, 0.25) is 0 Å². The number of rotatable bonds is 5. The predicted octanol–water partition coefficient (Wildman–Crippen LogP) is 2.26. The number of amides is 2. The standard InChI is InChI=1S/C19H19N3O4/c1-3-26-19(25)15-8-10-16(11-9-15)21-17(23)18(24)22-20-12-14-6-4-13(2)5-7-14/h4-12H,3H2,1-2H3,(H,21,23)(H,22,24)/b20-12-. The molecule has 0 spiro atoms. The number of carbonyl (C=O) groups is 3. The molecule has 0 aliphatic rings. The molecule has 0 saturated carbocycles. The van der Waals surface area contributed by atoms with Crippen molar-refractivity contribution in [2.24, 2.45) is 5.10 Å². The summed E-state index contributed by atoms with van der Waals surface area (Å²) in [5.74, 6) is -2.22. The first-order chi connectivity index (χ1) is 12.5. The minimum absolute atomic E-state index is 0.278. The van der Waals surface area contributed by atoms with Crippen molar-refractivity contribution in [3.8, 4) is 0 Å². The van der Waals surface area contributed by atoms with Gasteiger partial charge in [-0.15, -0.1) is 0 Å². The quantitative estimate of drug-likeness (QED) is 0.373. The van der Waals surface area contributed by atoms with E-state index in [0.717, 1.165) is 11.1 Å². The maximum Gasteiger partial charge on any atom is 0.338 e. The Morgan fingerprint density at radius 1 is 1.00 bits per heavy atom. The van der Waals surface area contributed by atoms with Crippen LogP contribution in [0.5, 0.6) is 0 Å². The van der Waals surface area contributed by atoms with Gasteiger partial charge in [0, 0.05) is 5.69 Å². The SMILES string of the molecule is CCOC(=O)c1ccc(NC(=O)C(=O)N/N=C\c2ccc(C)cc2)cc1. The van der Waals surface area contributed by atoms with Gasteiger partial charge < -0.3 is 10.1 Å². The van der Waals surface area contributed by atoms with E-state index in [1.807, 2.05) is 31.2 Å². The maximum absolute atomic E-state index is 11.8. The molecular weight excluding hydrogens is 334 g/mol. The summed E-state index contributed by atoms with van der Waals surface area (Å²) in [6.07, 6.45) is 1.44. The Labute approximate surface area is 151 Å². The Hall–Kier alpha value is -3.48. The lowest BCUT2D eigenvalue weighted by Gasteiger charge is -2.05. The van der Waals surface area contributed by atoms with Gasteiger partial charge in [0.15, 0.2) is 0 Å². The molecule has 0 aromatic heterocycles. The first-order valence-electron chi connectivity index (χ1n) is 7.98. The zero-order chi connectivity index (χ0) is 18.9. The van der Waals surface area contributed by atoms with E-state index in [2.05, 4.69) is 15.8 Å². The van der Waals surface area contributed by atoms with E-state index in [9.17, 15) is 14.4 Å². The molecule has 0 radical (unpaired) electrons. The van der Waals surface area contributed by atoms with Crippen LogP contribution in [0.25, 0.3) is 0 Å². The Morgan fingerprint density at radius 2 is 1.65 bits per heavy atom. The van der Waals surface area contributed by atoms with Crippen molar-refractivity contribution >= 4 is 29.7 Å². The summed E-state index contributed by atoms with van der Waals surface area (Å²) in [7, 11) is 0. The molecule has 7 nitrogen and oxygen atoms in total. The highest BCUT2D eigenvalue weighted by atomic mass is 16.5. The molecule has 0 unspecified atom stereocenters. The third-order valence-electron chi connectivity index (χ3n) is 3.32. The van der Waals surface area contributed by atoms with Gasteiger partial charge in [0.25, 0.3) is 0 Å². The topological polar surface area (TPSA) is 96.9 Å². The highest BCUT2D eigenvalue weighted by Gasteiger charge is 2.13. The molecule has 2 rings (SSSR count). The van der Waals surface area contributed by atoms with Gasteiger partial charge in [-0.1, -0.05) is 29.8 Å². The molecule has 0 fully saturated rings. The lowest BCUT2D eigenvalue weighted by Crippen LogP contribution is -2.32. The smallest absolute Gasteiger partial charge is 0.338 e. The number of ether oxygens (including phenoxy) is 1. The summed E-state index contributed by atoms with van der Waals surface area (Å²) in [6.45, 7) is 3.96. The van der Waals surface area contributed by atoms with Crippen molar-refractivity contribution in [1.29, 1.82) is 0 Å². The Morgan fingerprint density at radius 3 is 2.27 bits per heavy atom. The van der Waals surface area contributed by atoms with E-state index in [4.69, 9.17) is 4.74 Å². The minimum atomic E-state index is -0.900. The van der Waals surface area contributed by atoms with Gasteiger partial charge >= 0.3 is 17.8 Å². The van der Waals surface area contributed by atoms with Gasteiger partial charge in [0.2, 0.25) is 0 Å². The average Bonchev–Trinajstić information content (AvgIpc) is 2.64. The lowest BCUT2D eigenvalue weighted by atomic mass is 10.2. The van der Waals surface area contributed by atoms with E-state index in [1.165, 1.54) is 30.5 Å². The number of hydrogen-bond acceptors (Lipinski definition) is 5. The fraction of sp³-hybridized carbons (Fsp3) is 0.158. The van der Waals surface area contributed by atoms with Crippen LogP contribution >= 0.6 is 0 Å². The molecule has 0 saturated heterocycles. The average molecular weight is 353 g/mol. The van der Waals surface area contributed by atoms with Crippen molar-refractivity contribution in [2.75, 3.05) is 11.9 Å². The molecule has 7 heteroatoms. The molecular formula is C19H19N3O4. The van der Waals surface area contributed by atoms with Crippen LogP contribution < -0.4 is 10.7 Å². The number of nitrogens with zero attached hydrogens (tertiary/aromatic N) is 1. The van der Waals surface area contributed by atoms with Crippen molar-refractivity contribution in [3.63, 3.8) is 0 Å². The van der Waals surface area contributed by atoms with Crippen molar-refractivity contribution in [3.05, 3.63) is 65.2 Å². The summed E-state index contributed by atoms with van der Waals surface area (Å²) >= 11 is 0. The minimum Gasteiger partial charge on any atom is -0.462 e. The Bertz CT molecular complexity index is 812. The van der Waals surface area contributed by atoms with Crippen LogP contribution in [0.3, 0.4) is 0 Å². The molecule has 134 valence electrons. The van der Waals surface area contributed by atoms with E-state index >= 15 is 0 Å². The van der Waals surface area contributed by atoms with Gasteiger partial charge in [-0.25, -0.2) is 10.2 Å². The molecule has 0 bridgehead atoms. The molecule has 2 amide bonds. The highest BCUT2D eigenvalue weighted by Crippen LogP contribution is 2.10. The summed E-state index contributed by atoms with van der Waals surface area (Å²) in [4.78, 5) is 35.1. The number of aryl methyl sites for hydroxylation is 1. The van der Waals surface area contributed by atoms with Crippen LogP contribution in [0.15, 0.2) is 53.6 Å². The second kappa shape index (κ2) is 9.12. The Kier molecular flexibility index (Phi) is 6.61. The fourth-order valence-electron chi connectivity index (χ4n) is 1.96. The molecule has 0 aliphatic heterocycles. The molecule has 0 heterocycles. The maximum atomic E-state index is 11.8. The van der Waals surface area contributed by atoms with Crippen molar-refractivity contribution < 1.29 is 19.1 Å². The monoisotopic (exact) mass is 353 g/mol. The largest absolute Gasteiger partial charge is 0.462 e. The molecule has 2 aromatic carbocycles. The van der Waals surface area contributed by atoms with Crippen LogP contribution in [0, 0.1) is 6.92 Å². The molecule has 2 aromatic rings. The molecule has 2 N–H and O–H groups in total. The first-order valence-corrected chi connectivity index (χ1v) is 7.98. The van der Waals surface area contributed by atoms with Gasteiger partial charge in [-0.05, 0) is 43.7 Å². The van der Waals surface area contributed by atoms with E-state index in [1.54, 1.807) is 6.92 Å². The normalized spacial score (nSPS) is 10.4. The van der Waals surface area contributed by atoms with Gasteiger partial charge in [-0.2, -0.15) is 5.10 Å². The number of anilines is 1. The van der Waals surface area contributed by atoms with Gasteiger partial charge in [-0.3, -0.25) is 9.59 Å². The number of esters is 1. The third-order valence-corrected chi connectivity index (χ3v) is 3.32. The van der Waals surface area contributed by atoms with Crippen LogP contribution in [0.4, 0.5) is 5.69 Å². The van der Waals surface area contributed by atoms with E-state index < -0.39 is 17.8 Å². The number of hydrazone groups is 1. The number of carbonyl (C=O) groups excluding carboxylic acids is 3. The third kappa shape index (κ3) is 5.55. The molecule has 0 atom stereocenters. The van der Waals surface area contributed by atoms with Crippen molar-refractivity contribution in [2.45, 2.75) is 13.8 Å². The highest BCUT2D eigenvalue weighted by molar-refractivity contribution is 6.39. The first kappa shape index (κ1) is 18.9. The zero-order valence-corrected chi connectivity index (χ0v) is 14.5. The second-order valence-electron chi connectivity index (χ2n) is 5.36. The van der Waals surface area contributed by atoms with Crippen LogP contribution in [-0.4, -0.2) is 30.6 Å². The van der Waals surface area contributed by atoms with E-state index in [-0.39, 0.29) is 6.61 Å². The van der Waals surface area contributed by atoms with Crippen LogP contribution in [-0.2, 0) is 14.3 Å². The molecule has 0 aliphatic carbocycles. The predicted molar refractivity (Wildman–Crippen MR) is 97.9 cm³/mol. The Balaban J connectivity index is 1.87. The number of hydrogen-bond donors (Lipinski definition) is 2. The summed E-state index contributed by atoms with van der Waals surface area (Å²) in [5.41, 5.74) is 4.80. The number of benzene rings is 2. The van der Waals surface area contributed by atoms with Crippen molar-refractivity contribution in [1.82, 2.24) is 5.43 Å². The van der Waals surface area contributed by atoms with Gasteiger partial charge in [0.05, 0.1) is 18.4 Å². The van der Waals surface area contributed by atoms with E-state index in [0.29, 0.717) is 11.3 Å². The van der Waals surface area contributed by atoms with Gasteiger partial charge in [0.1, 0.15) is 0 Å². The lowest BCUT2D eigenvalue weighted by molar-refractivity contribution is -0.136. The molecule has 26 heavy (non-hydrogen) atoms. The summed E-state index contributed by atoms with van der Waals surface area (Å²) in [5, 5.41) is 6.16. The number of nitrogens with one attached hydrogen (secondary N) is 2. The summed E-state index contributed by atoms with van der Waals surface area (Å²) in [6, 6.07) is 13.5. The summed E-state index contributed by atoms with van der Waals surface area (Å²) < 4.78 is 4.87. The van der Waals surface area contributed by atoms with Crippen LogP contribution in [0.1, 0.15) is 28.4 Å².